The van der Waals surface area contributed by atoms with Crippen LogP contribution in [0.3, 0.4) is 0 Å². The first-order valence-corrected chi connectivity index (χ1v) is 9.69. The average molecular weight is 463 g/mol. The number of furan rings is 1. The molecule has 0 radical (unpaired) electrons. The van der Waals surface area contributed by atoms with Crippen molar-refractivity contribution in [3.8, 4) is 11.5 Å². The number of methoxy groups -OCH3 is 1. The van der Waals surface area contributed by atoms with Crippen molar-refractivity contribution in [2.24, 2.45) is 5.10 Å². The van der Waals surface area contributed by atoms with Gasteiger partial charge < -0.3 is 18.6 Å². The highest BCUT2D eigenvalue weighted by atomic mass is 19.4. The number of ether oxygens (including phenoxy) is 3. The molecule has 174 valence electrons. The number of hydrogen-bond acceptors (Lipinski definition) is 8. The SMILES string of the molecule is CCOc1cc(/C=N\Nc2ccc(C(F)(F)F)cn2)ccc1OCc1ccc(C(=O)OC)o1. The van der Waals surface area contributed by atoms with Crippen LogP contribution in [0, 0.1) is 0 Å². The van der Waals surface area contributed by atoms with Crippen molar-refractivity contribution >= 4 is 18.0 Å². The Kier molecular flexibility index (Phi) is 7.54. The van der Waals surface area contributed by atoms with Crippen LogP contribution in [-0.2, 0) is 17.5 Å². The minimum Gasteiger partial charge on any atom is -0.490 e. The van der Waals surface area contributed by atoms with Crippen molar-refractivity contribution in [2.45, 2.75) is 19.7 Å². The van der Waals surface area contributed by atoms with E-state index >= 15 is 0 Å². The quantitative estimate of drug-likeness (QED) is 0.274. The number of hydrazone groups is 1. The lowest BCUT2D eigenvalue weighted by Crippen LogP contribution is -2.05. The number of aromatic nitrogens is 1. The van der Waals surface area contributed by atoms with Gasteiger partial charge in [-0.2, -0.15) is 18.3 Å². The fourth-order valence-electron chi connectivity index (χ4n) is 2.61. The Labute approximate surface area is 187 Å². The summed E-state index contributed by atoms with van der Waals surface area (Å²) in [5.41, 5.74) is 2.38. The molecule has 3 rings (SSSR count). The number of alkyl halides is 3. The van der Waals surface area contributed by atoms with Crippen LogP contribution in [0.5, 0.6) is 11.5 Å². The summed E-state index contributed by atoms with van der Waals surface area (Å²) in [5, 5.41) is 3.98. The van der Waals surface area contributed by atoms with Gasteiger partial charge in [-0.25, -0.2) is 9.78 Å². The van der Waals surface area contributed by atoms with E-state index in [1.165, 1.54) is 25.5 Å². The van der Waals surface area contributed by atoms with Crippen LogP contribution in [0.4, 0.5) is 19.0 Å². The van der Waals surface area contributed by atoms with Gasteiger partial charge in [0.05, 0.1) is 25.5 Å². The fraction of sp³-hybridized carbons (Fsp3) is 0.227. The van der Waals surface area contributed by atoms with Crippen LogP contribution < -0.4 is 14.9 Å². The van der Waals surface area contributed by atoms with Gasteiger partial charge >= 0.3 is 12.1 Å². The number of nitrogens with one attached hydrogen (secondary N) is 1. The topological polar surface area (TPSA) is 95.2 Å². The summed E-state index contributed by atoms with van der Waals surface area (Å²) >= 11 is 0. The third kappa shape index (κ3) is 6.48. The van der Waals surface area contributed by atoms with Crippen LogP contribution in [0.15, 0.2) is 58.2 Å². The first-order valence-electron chi connectivity index (χ1n) is 9.69. The van der Waals surface area contributed by atoms with Crippen molar-refractivity contribution < 1.29 is 36.6 Å². The Balaban J connectivity index is 1.64. The molecular formula is C22H20F3N3O5. The van der Waals surface area contributed by atoms with Crippen LogP contribution >= 0.6 is 0 Å². The smallest absolute Gasteiger partial charge is 0.417 e. The predicted octanol–water partition coefficient (Wildman–Crippen LogP) is 4.90. The third-order valence-electron chi connectivity index (χ3n) is 4.17. The number of rotatable bonds is 9. The van der Waals surface area contributed by atoms with E-state index < -0.39 is 17.7 Å². The van der Waals surface area contributed by atoms with Crippen LogP contribution in [0.2, 0.25) is 0 Å². The number of benzene rings is 1. The molecule has 0 unspecified atom stereocenters. The molecule has 0 aliphatic rings. The molecule has 11 heteroatoms. The second kappa shape index (κ2) is 10.5. The molecule has 0 amide bonds. The van der Waals surface area contributed by atoms with Crippen LogP contribution in [0.25, 0.3) is 0 Å². The molecule has 0 bridgehead atoms. The first kappa shape index (κ1) is 23.6. The van der Waals surface area contributed by atoms with Crippen LogP contribution in [-0.4, -0.2) is 30.9 Å². The minimum absolute atomic E-state index is 0.0612. The number of nitrogens with zero attached hydrogens (tertiary/aromatic N) is 2. The van der Waals surface area contributed by atoms with E-state index in [0.717, 1.165) is 12.3 Å². The fourth-order valence-corrected chi connectivity index (χ4v) is 2.61. The van der Waals surface area contributed by atoms with E-state index in [1.807, 2.05) is 6.92 Å². The van der Waals surface area contributed by atoms with Gasteiger partial charge in [-0.05, 0) is 55.0 Å². The summed E-state index contributed by atoms with van der Waals surface area (Å²) in [5.74, 6) is 0.977. The van der Waals surface area contributed by atoms with Gasteiger partial charge in [-0.3, -0.25) is 5.43 Å². The summed E-state index contributed by atoms with van der Waals surface area (Å²) in [7, 11) is 1.26. The first-order chi connectivity index (χ1) is 15.8. The van der Waals surface area contributed by atoms with E-state index in [4.69, 9.17) is 13.9 Å². The number of esters is 1. The highest BCUT2D eigenvalue weighted by Crippen LogP contribution is 2.30. The molecule has 2 aromatic heterocycles. The number of pyridine rings is 1. The molecular weight excluding hydrogens is 443 g/mol. The van der Waals surface area contributed by atoms with Crippen molar-refractivity contribution in [3.05, 3.63) is 71.3 Å². The van der Waals surface area contributed by atoms with E-state index in [9.17, 15) is 18.0 Å². The number of halogens is 3. The summed E-state index contributed by atoms with van der Waals surface area (Å²) in [6.07, 6.45) is -2.26. The van der Waals surface area contributed by atoms with Crippen molar-refractivity contribution in [1.29, 1.82) is 0 Å². The highest BCUT2D eigenvalue weighted by molar-refractivity contribution is 5.86. The summed E-state index contributed by atoms with van der Waals surface area (Å²) in [6, 6.07) is 10.3. The number of carbonyl (C=O) groups excluding carboxylic acids is 1. The average Bonchev–Trinajstić information content (AvgIpc) is 3.27. The van der Waals surface area contributed by atoms with Crippen LogP contribution in [0.1, 0.15) is 34.4 Å². The maximum Gasteiger partial charge on any atom is 0.417 e. The van der Waals surface area contributed by atoms with E-state index in [0.29, 0.717) is 29.4 Å². The molecule has 3 aromatic rings. The molecule has 0 aliphatic carbocycles. The molecule has 0 aliphatic heterocycles. The second-order valence-electron chi connectivity index (χ2n) is 6.49. The van der Waals surface area contributed by atoms with E-state index in [2.05, 4.69) is 20.2 Å². The normalized spacial score (nSPS) is 11.4. The molecule has 33 heavy (non-hydrogen) atoms. The number of anilines is 1. The molecule has 0 atom stereocenters. The van der Waals surface area contributed by atoms with Crippen molar-refractivity contribution in [3.63, 3.8) is 0 Å². The Hall–Kier alpha value is -4.02. The lowest BCUT2D eigenvalue weighted by atomic mass is 10.2. The lowest BCUT2D eigenvalue weighted by molar-refractivity contribution is -0.137. The van der Waals surface area contributed by atoms with Crippen molar-refractivity contribution in [2.75, 3.05) is 19.1 Å². The van der Waals surface area contributed by atoms with Gasteiger partial charge in [-0.1, -0.05) is 0 Å². The Morgan fingerprint density at radius 2 is 1.97 bits per heavy atom. The van der Waals surface area contributed by atoms with E-state index in [1.54, 1.807) is 24.3 Å². The molecule has 0 fully saturated rings. The maximum absolute atomic E-state index is 12.6. The van der Waals surface area contributed by atoms with Gasteiger partial charge in [0.25, 0.3) is 0 Å². The summed E-state index contributed by atoms with van der Waals surface area (Å²) in [6.45, 7) is 2.26. The molecule has 0 saturated carbocycles. The molecule has 1 N–H and O–H groups in total. The van der Waals surface area contributed by atoms with Gasteiger partial charge in [0.15, 0.2) is 11.5 Å². The predicted molar refractivity (Wildman–Crippen MR) is 112 cm³/mol. The van der Waals surface area contributed by atoms with Gasteiger partial charge in [0, 0.05) is 6.20 Å². The molecule has 0 spiro atoms. The number of hydrogen-bond donors (Lipinski definition) is 1. The Morgan fingerprint density at radius 1 is 1.15 bits per heavy atom. The van der Waals surface area contributed by atoms with Gasteiger partial charge in [0.2, 0.25) is 5.76 Å². The zero-order valence-corrected chi connectivity index (χ0v) is 17.7. The second-order valence-corrected chi connectivity index (χ2v) is 6.49. The standard InChI is InChI=1S/C22H20F3N3O5/c1-3-31-19-10-14(11-27-28-20-9-5-15(12-26-20)22(23,24)25)4-7-17(19)32-13-16-6-8-18(33-16)21(29)30-2/h4-12H,3,13H2,1-2H3,(H,26,28)/b27-11-. The monoisotopic (exact) mass is 463 g/mol. The zero-order chi connectivity index (χ0) is 23.8. The third-order valence-corrected chi connectivity index (χ3v) is 4.17. The number of carbonyl (C=O) groups is 1. The van der Waals surface area contributed by atoms with Gasteiger partial charge in [-0.15, -0.1) is 0 Å². The maximum atomic E-state index is 12.6. The van der Waals surface area contributed by atoms with Crippen molar-refractivity contribution in [1.82, 2.24) is 4.98 Å². The molecule has 0 saturated heterocycles. The minimum atomic E-state index is -4.45. The molecule has 1 aromatic carbocycles. The molecule has 8 nitrogen and oxygen atoms in total. The highest BCUT2D eigenvalue weighted by Gasteiger charge is 2.30. The Morgan fingerprint density at radius 3 is 2.64 bits per heavy atom. The largest absolute Gasteiger partial charge is 0.490 e. The summed E-state index contributed by atoms with van der Waals surface area (Å²) < 4.78 is 59.1. The lowest BCUT2D eigenvalue weighted by Gasteiger charge is -2.11. The molecule has 2 heterocycles. The van der Waals surface area contributed by atoms with Gasteiger partial charge in [0.1, 0.15) is 18.2 Å². The zero-order valence-electron chi connectivity index (χ0n) is 17.7. The Bertz CT molecular complexity index is 1110. The summed E-state index contributed by atoms with van der Waals surface area (Å²) in [4.78, 5) is 15.1. The van der Waals surface area contributed by atoms with E-state index in [-0.39, 0.29) is 18.2 Å².